The maximum absolute atomic E-state index is 17.6. The van der Waals surface area contributed by atoms with Gasteiger partial charge in [-0.25, -0.2) is 9.23 Å². The van der Waals surface area contributed by atoms with Gasteiger partial charge in [0.15, 0.2) is 29.4 Å². The molecule has 0 amide bonds. The minimum Gasteiger partial charge on any atom is -0.458 e. The lowest BCUT2D eigenvalue weighted by Gasteiger charge is -2.62. The number of ketones is 2. The molecule has 0 radical (unpaired) electrons. The molecule has 49 heavy (non-hydrogen) atoms. The van der Waals surface area contributed by atoms with Gasteiger partial charge in [0.05, 0.1) is 37.0 Å². The van der Waals surface area contributed by atoms with Gasteiger partial charge in [-0.2, -0.15) is 0 Å². The monoisotopic (exact) mass is 687 g/mol. The van der Waals surface area contributed by atoms with E-state index in [-0.39, 0.29) is 43.8 Å². The average molecular weight is 688 g/mol. The number of Topliss-reactive ketones (excluding diaryl/α,β-unsaturated/α-hetero) is 1. The molecule has 6 rings (SSSR count). The van der Waals surface area contributed by atoms with Crippen LogP contribution in [0.25, 0.3) is 0 Å². The fraction of sp³-hybridized carbons (Fsp3) is 0.600. The van der Waals surface area contributed by atoms with Crippen LogP contribution in [0, 0.1) is 22.7 Å². The number of allylic oxidation sites excluding steroid dienone is 4. The molecule has 13 nitrogen and oxygen atoms in total. The van der Waals surface area contributed by atoms with Crippen LogP contribution in [0.4, 0.5) is 4.39 Å². The van der Waals surface area contributed by atoms with E-state index in [1.807, 2.05) is 6.92 Å². The van der Waals surface area contributed by atoms with Crippen molar-refractivity contribution in [2.24, 2.45) is 22.7 Å². The zero-order chi connectivity index (χ0) is 35.6. The number of aliphatic hydroxyl groups is 1. The molecule has 1 aromatic carbocycles. The molecule has 4 fully saturated rings. The first-order chi connectivity index (χ1) is 22.9. The second-order valence-corrected chi connectivity index (χ2v) is 14.6. The second-order valence-electron chi connectivity index (χ2n) is 14.6. The number of ether oxygens (including phenoxy) is 4. The van der Waals surface area contributed by atoms with Gasteiger partial charge in [-0.1, -0.05) is 30.7 Å². The molecule has 266 valence electrons. The van der Waals surface area contributed by atoms with Gasteiger partial charge < -0.3 is 24.1 Å². The first-order valence-corrected chi connectivity index (χ1v) is 16.4. The van der Waals surface area contributed by atoms with E-state index in [9.17, 15) is 24.3 Å². The number of hydrogen-bond donors (Lipinski definition) is 3. The fourth-order valence-electron chi connectivity index (χ4n) is 9.35. The van der Waals surface area contributed by atoms with Crippen molar-refractivity contribution in [3.8, 4) is 5.75 Å². The van der Waals surface area contributed by atoms with Crippen LogP contribution < -0.4 is 4.74 Å². The first kappa shape index (κ1) is 35.5. The van der Waals surface area contributed by atoms with E-state index >= 15 is 4.39 Å². The van der Waals surface area contributed by atoms with Crippen LogP contribution in [0.1, 0.15) is 71.8 Å². The van der Waals surface area contributed by atoms with Crippen molar-refractivity contribution in [1.82, 2.24) is 5.39 Å². The Balaban J connectivity index is 1.14. The third-order valence-electron chi connectivity index (χ3n) is 11.4. The van der Waals surface area contributed by atoms with Gasteiger partial charge in [0.1, 0.15) is 5.75 Å². The van der Waals surface area contributed by atoms with Crippen molar-refractivity contribution in [3.63, 3.8) is 0 Å². The molecule has 1 unspecified atom stereocenters. The van der Waals surface area contributed by atoms with Gasteiger partial charge in [0, 0.05) is 16.7 Å². The highest BCUT2D eigenvalue weighted by Crippen LogP contribution is 2.72. The summed E-state index contributed by atoms with van der Waals surface area (Å²) >= 11 is 0. The van der Waals surface area contributed by atoms with Crippen LogP contribution in [0.3, 0.4) is 0 Å². The summed E-state index contributed by atoms with van der Waals surface area (Å²) in [6.45, 7) is 6.00. The number of esters is 2. The molecule has 0 bridgehead atoms. The van der Waals surface area contributed by atoms with Crippen LogP contribution in [0.15, 0.2) is 48.1 Å². The van der Waals surface area contributed by atoms with E-state index in [1.165, 1.54) is 24.3 Å². The summed E-state index contributed by atoms with van der Waals surface area (Å²) in [5, 5.41) is 28.7. The number of carbonyl (C=O) groups excluding carboxylic acids is 4. The lowest BCUT2D eigenvalue weighted by molar-refractivity contribution is -0.497. The second kappa shape index (κ2) is 12.4. The number of aliphatic hydroxyl groups excluding tert-OH is 1. The maximum Gasteiger partial charge on any atom is 0.311 e. The summed E-state index contributed by atoms with van der Waals surface area (Å²) < 4.78 is 40.9. The molecule has 1 saturated heterocycles. The van der Waals surface area contributed by atoms with Crippen molar-refractivity contribution in [1.29, 1.82) is 0 Å². The number of nitrogens with zero attached hydrogens (tertiary/aromatic N) is 1. The molecule has 3 N–H and O–H groups in total. The van der Waals surface area contributed by atoms with Gasteiger partial charge in [-0.15, -0.1) is 0 Å². The summed E-state index contributed by atoms with van der Waals surface area (Å²) in [5.41, 5.74) is -4.91. The highest BCUT2D eigenvalue weighted by Gasteiger charge is 2.80. The average Bonchev–Trinajstić information content (AvgIpc) is 3.44. The SMILES string of the molecule is CC1(C)O[C@@H]2C[C@H]3C4CCC5=CC(=O)C=C[C@]5(C)[C@@]4(F)[C@@H](O)C[C@]3(C)[C@]2(C(=O)COC(=O)CCC(=O)Oc2cccc(CON(O)O)c2)O1. The number of benzene rings is 1. The minimum atomic E-state index is -2.10. The Hall–Kier alpha value is -3.37. The van der Waals surface area contributed by atoms with E-state index < -0.39 is 81.6 Å². The molecule has 3 saturated carbocycles. The standard InChI is InChI=1S/C35H42FNO12/c1-31(2)48-28-16-25-24-9-8-21-15-22(38)12-13-32(21,3)34(24,36)26(39)17-33(25,4)35(28,49-31)27(40)19-45-29(41)10-11-30(42)47-23-7-5-6-20(14-23)18-46-37(43)44/h5-7,12-15,24-26,28,39,43-44H,8-11,16-19H2,1-4H3/t24?,25-,26-,28+,32-,33-,34-,35+/m0/s1. The van der Waals surface area contributed by atoms with Crippen molar-refractivity contribution in [2.75, 3.05) is 6.61 Å². The molecule has 14 heteroatoms. The Labute approximate surface area is 282 Å². The van der Waals surface area contributed by atoms with E-state index in [4.69, 9.17) is 29.4 Å². The Morgan fingerprint density at radius 2 is 1.82 bits per heavy atom. The number of hydrogen-bond acceptors (Lipinski definition) is 13. The van der Waals surface area contributed by atoms with Gasteiger partial charge in [0.25, 0.3) is 0 Å². The summed E-state index contributed by atoms with van der Waals surface area (Å²) in [6.07, 6.45) is 2.36. The molecule has 1 aliphatic heterocycles. The van der Waals surface area contributed by atoms with Gasteiger partial charge >= 0.3 is 11.9 Å². The number of rotatable bonds is 10. The molecule has 0 aromatic heterocycles. The summed E-state index contributed by atoms with van der Waals surface area (Å²) in [7, 11) is 0. The van der Waals surface area contributed by atoms with Crippen molar-refractivity contribution in [2.45, 2.75) is 102 Å². The number of halogens is 1. The summed E-state index contributed by atoms with van der Waals surface area (Å²) in [5.74, 6) is -4.50. The van der Waals surface area contributed by atoms with E-state index in [1.54, 1.807) is 39.0 Å². The molecule has 4 aliphatic carbocycles. The van der Waals surface area contributed by atoms with Crippen LogP contribution in [0.2, 0.25) is 0 Å². The molecule has 8 atom stereocenters. The molecule has 5 aliphatic rings. The van der Waals surface area contributed by atoms with Gasteiger partial charge in [-0.05, 0) is 82.2 Å². The zero-order valence-corrected chi connectivity index (χ0v) is 27.8. The van der Waals surface area contributed by atoms with Crippen LogP contribution >= 0.6 is 0 Å². The third-order valence-corrected chi connectivity index (χ3v) is 11.4. The molecular weight excluding hydrogens is 645 g/mol. The molecular formula is C35H42FNO12. The Morgan fingerprint density at radius 3 is 2.55 bits per heavy atom. The normalized spacial score (nSPS) is 37.1. The van der Waals surface area contributed by atoms with Crippen LogP contribution in [0.5, 0.6) is 5.75 Å². The number of fused-ring (bicyclic) bond motifs is 7. The maximum atomic E-state index is 17.6. The number of carbonyl (C=O) groups is 4. The molecule has 1 heterocycles. The molecule has 0 spiro atoms. The van der Waals surface area contributed by atoms with E-state index in [0.717, 1.165) is 0 Å². The predicted octanol–water partition coefficient (Wildman–Crippen LogP) is 3.87. The Kier molecular flexibility index (Phi) is 9.00. The van der Waals surface area contributed by atoms with Crippen molar-refractivity contribution >= 4 is 23.5 Å². The topological polar surface area (TPSA) is 178 Å². The van der Waals surface area contributed by atoms with E-state index in [0.29, 0.717) is 24.0 Å². The zero-order valence-electron chi connectivity index (χ0n) is 27.8. The first-order valence-electron chi connectivity index (χ1n) is 16.4. The minimum absolute atomic E-state index is 0.123. The Morgan fingerprint density at radius 1 is 1.08 bits per heavy atom. The lowest BCUT2D eigenvalue weighted by atomic mass is 9.44. The lowest BCUT2D eigenvalue weighted by Crippen LogP contribution is -2.70. The largest absolute Gasteiger partial charge is 0.458 e. The highest BCUT2D eigenvalue weighted by molar-refractivity contribution is 6.01. The quantitative estimate of drug-likeness (QED) is 0.184. The third kappa shape index (κ3) is 5.76. The Bertz CT molecular complexity index is 1610. The van der Waals surface area contributed by atoms with Gasteiger partial charge in [-0.3, -0.25) is 29.6 Å². The fourth-order valence-corrected chi connectivity index (χ4v) is 9.35. The van der Waals surface area contributed by atoms with E-state index in [2.05, 4.69) is 4.84 Å². The summed E-state index contributed by atoms with van der Waals surface area (Å²) in [6, 6.07) is 6.11. The predicted molar refractivity (Wildman–Crippen MR) is 164 cm³/mol. The van der Waals surface area contributed by atoms with Crippen LogP contribution in [-0.4, -0.2) is 80.3 Å². The number of alkyl halides is 1. The smallest absolute Gasteiger partial charge is 0.311 e. The van der Waals surface area contributed by atoms with Crippen molar-refractivity contribution in [3.05, 3.63) is 53.6 Å². The summed E-state index contributed by atoms with van der Waals surface area (Å²) in [4.78, 5) is 56.1. The van der Waals surface area contributed by atoms with Crippen molar-refractivity contribution < 1.29 is 62.9 Å². The van der Waals surface area contributed by atoms with Crippen LogP contribution in [-0.2, 0) is 44.8 Å². The molecule has 1 aromatic rings. The van der Waals surface area contributed by atoms with Gasteiger partial charge in [0.2, 0.25) is 5.78 Å². The highest BCUT2D eigenvalue weighted by atomic mass is 19.1.